The maximum Gasteiger partial charge on any atom is 0.294 e. The molecule has 0 aromatic heterocycles. The summed E-state index contributed by atoms with van der Waals surface area (Å²) in [6.45, 7) is 2.18. The van der Waals surface area contributed by atoms with Gasteiger partial charge >= 0.3 is 0 Å². The summed E-state index contributed by atoms with van der Waals surface area (Å²) in [5, 5.41) is 0. The molecular formula is C16H18O3S. The second kappa shape index (κ2) is 6.20. The summed E-state index contributed by atoms with van der Waals surface area (Å²) < 4.78 is 30.8. The summed E-state index contributed by atoms with van der Waals surface area (Å²) in [6.07, 6.45) is 1.87. The van der Waals surface area contributed by atoms with Crippen LogP contribution in [0.3, 0.4) is 0 Å². The number of hydrogen-bond acceptors (Lipinski definition) is 2. The molecule has 20 heavy (non-hydrogen) atoms. The van der Waals surface area contributed by atoms with Crippen molar-refractivity contribution in [2.75, 3.05) is 0 Å². The lowest BCUT2D eigenvalue weighted by Gasteiger charge is -2.11. The zero-order valence-corrected chi connectivity index (χ0v) is 12.2. The van der Waals surface area contributed by atoms with Crippen molar-refractivity contribution in [1.29, 1.82) is 0 Å². The zero-order valence-electron chi connectivity index (χ0n) is 11.4. The van der Waals surface area contributed by atoms with Crippen molar-refractivity contribution >= 4 is 10.1 Å². The molecular weight excluding hydrogens is 272 g/mol. The SMILES string of the molecule is CC(CCc1ccc(S(=O)(=O)O)cc1)c1ccccc1. The van der Waals surface area contributed by atoms with Crippen LogP contribution in [0.25, 0.3) is 0 Å². The summed E-state index contributed by atoms with van der Waals surface area (Å²) in [6, 6.07) is 16.7. The molecule has 0 aliphatic heterocycles. The summed E-state index contributed by atoms with van der Waals surface area (Å²) in [5.41, 5.74) is 2.38. The number of hydrogen-bond donors (Lipinski definition) is 1. The van der Waals surface area contributed by atoms with Gasteiger partial charge in [-0.2, -0.15) is 8.42 Å². The van der Waals surface area contributed by atoms with Gasteiger partial charge in [-0.25, -0.2) is 0 Å². The van der Waals surface area contributed by atoms with Crippen LogP contribution >= 0.6 is 0 Å². The normalized spacial score (nSPS) is 13.1. The van der Waals surface area contributed by atoms with Gasteiger partial charge in [0.15, 0.2) is 0 Å². The molecule has 0 aliphatic rings. The van der Waals surface area contributed by atoms with Crippen LogP contribution in [0.5, 0.6) is 0 Å². The Hall–Kier alpha value is -1.65. The van der Waals surface area contributed by atoms with Crippen molar-refractivity contribution in [3.05, 3.63) is 65.7 Å². The van der Waals surface area contributed by atoms with Crippen molar-refractivity contribution in [2.24, 2.45) is 0 Å². The third kappa shape index (κ3) is 3.92. The van der Waals surface area contributed by atoms with Gasteiger partial charge in [-0.3, -0.25) is 4.55 Å². The van der Waals surface area contributed by atoms with Crippen LogP contribution < -0.4 is 0 Å². The van der Waals surface area contributed by atoms with E-state index in [9.17, 15) is 8.42 Å². The zero-order chi connectivity index (χ0) is 14.6. The molecule has 1 unspecified atom stereocenters. The van der Waals surface area contributed by atoms with Crippen molar-refractivity contribution in [3.63, 3.8) is 0 Å². The topological polar surface area (TPSA) is 54.4 Å². The molecule has 0 saturated heterocycles. The Morgan fingerprint density at radius 1 is 1.00 bits per heavy atom. The van der Waals surface area contributed by atoms with Gasteiger partial charge in [-0.15, -0.1) is 0 Å². The molecule has 0 aliphatic carbocycles. The Labute approximate surface area is 120 Å². The first-order valence-electron chi connectivity index (χ1n) is 6.58. The maximum atomic E-state index is 11.0. The summed E-state index contributed by atoms with van der Waals surface area (Å²) >= 11 is 0. The second-order valence-electron chi connectivity index (χ2n) is 4.97. The minimum atomic E-state index is -4.09. The first kappa shape index (κ1) is 14.8. The molecule has 106 valence electrons. The molecule has 0 heterocycles. The van der Waals surface area contributed by atoms with E-state index in [1.165, 1.54) is 17.7 Å². The number of aryl methyl sites for hydroxylation is 1. The van der Waals surface area contributed by atoms with Crippen LogP contribution in [-0.2, 0) is 16.5 Å². The maximum absolute atomic E-state index is 11.0. The van der Waals surface area contributed by atoms with E-state index in [0.717, 1.165) is 18.4 Å². The van der Waals surface area contributed by atoms with E-state index in [1.807, 2.05) is 18.2 Å². The average molecular weight is 290 g/mol. The van der Waals surface area contributed by atoms with Gasteiger partial charge in [0.25, 0.3) is 10.1 Å². The molecule has 0 fully saturated rings. The van der Waals surface area contributed by atoms with E-state index in [4.69, 9.17) is 4.55 Å². The predicted octanol–water partition coefficient (Wildman–Crippen LogP) is 3.67. The highest BCUT2D eigenvalue weighted by Gasteiger charge is 2.09. The van der Waals surface area contributed by atoms with Gasteiger partial charge in [0.05, 0.1) is 4.90 Å². The molecule has 0 radical (unpaired) electrons. The Balaban J connectivity index is 1.98. The molecule has 1 atom stereocenters. The van der Waals surface area contributed by atoms with Gasteiger partial charge in [0.2, 0.25) is 0 Å². The average Bonchev–Trinajstić information content (AvgIpc) is 2.45. The van der Waals surface area contributed by atoms with Crippen molar-refractivity contribution in [3.8, 4) is 0 Å². The van der Waals surface area contributed by atoms with E-state index < -0.39 is 10.1 Å². The minimum absolute atomic E-state index is 0.0580. The van der Waals surface area contributed by atoms with Gasteiger partial charge in [-0.05, 0) is 42.0 Å². The molecule has 3 nitrogen and oxygen atoms in total. The third-order valence-corrected chi connectivity index (χ3v) is 4.32. The summed E-state index contributed by atoms with van der Waals surface area (Å²) in [7, 11) is -4.09. The Morgan fingerprint density at radius 3 is 2.15 bits per heavy atom. The van der Waals surface area contributed by atoms with Crippen molar-refractivity contribution in [2.45, 2.75) is 30.6 Å². The van der Waals surface area contributed by atoms with Gasteiger partial charge in [0.1, 0.15) is 0 Å². The quantitative estimate of drug-likeness (QED) is 0.855. The van der Waals surface area contributed by atoms with E-state index >= 15 is 0 Å². The van der Waals surface area contributed by atoms with Gasteiger partial charge in [0, 0.05) is 0 Å². The third-order valence-electron chi connectivity index (χ3n) is 3.46. The lowest BCUT2D eigenvalue weighted by atomic mass is 9.94. The van der Waals surface area contributed by atoms with E-state index in [0.29, 0.717) is 5.92 Å². The molecule has 2 rings (SSSR count). The number of rotatable bonds is 5. The van der Waals surface area contributed by atoms with Crippen LogP contribution in [0.4, 0.5) is 0 Å². The van der Waals surface area contributed by atoms with Crippen LogP contribution in [0, 0.1) is 0 Å². The molecule has 1 N–H and O–H groups in total. The number of benzene rings is 2. The van der Waals surface area contributed by atoms with E-state index in [1.54, 1.807) is 12.1 Å². The van der Waals surface area contributed by atoms with Crippen molar-refractivity contribution < 1.29 is 13.0 Å². The molecule has 4 heteroatoms. The van der Waals surface area contributed by atoms with Crippen LogP contribution in [0.1, 0.15) is 30.4 Å². The highest BCUT2D eigenvalue weighted by atomic mass is 32.2. The van der Waals surface area contributed by atoms with Gasteiger partial charge in [-0.1, -0.05) is 49.4 Å². The second-order valence-corrected chi connectivity index (χ2v) is 6.39. The molecule has 2 aromatic carbocycles. The van der Waals surface area contributed by atoms with E-state index in [-0.39, 0.29) is 4.90 Å². The molecule has 0 spiro atoms. The monoisotopic (exact) mass is 290 g/mol. The van der Waals surface area contributed by atoms with Gasteiger partial charge < -0.3 is 0 Å². The lowest BCUT2D eigenvalue weighted by molar-refractivity contribution is 0.483. The molecule has 0 saturated carbocycles. The first-order valence-corrected chi connectivity index (χ1v) is 8.02. The predicted molar refractivity (Wildman–Crippen MR) is 79.4 cm³/mol. The lowest BCUT2D eigenvalue weighted by Crippen LogP contribution is -1.99. The fourth-order valence-electron chi connectivity index (χ4n) is 2.16. The van der Waals surface area contributed by atoms with Crippen LogP contribution in [-0.4, -0.2) is 13.0 Å². The minimum Gasteiger partial charge on any atom is -0.282 e. The molecule has 2 aromatic rings. The smallest absolute Gasteiger partial charge is 0.282 e. The van der Waals surface area contributed by atoms with Crippen molar-refractivity contribution in [1.82, 2.24) is 0 Å². The molecule has 0 amide bonds. The Bertz CT molecular complexity index is 646. The summed E-state index contributed by atoms with van der Waals surface area (Å²) in [5.74, 6) is 0.456. The largest absolute Gasteiger partial charge is 0.294 e. The highest BCUT2D eigenvalue weighted by molar-refractivity contribution is 7.85. The highest BCUT2D eigenvalue weighted by Crippen LogP contribution is 2.21. The fourth-order valence-corrected chi connectivity index (χ4v) is 2.64. The fraction of sp³-hybridized carbons (Fsp3) is 0.250. The standard InChI is InChI=1S/C16H18O3S/c1-13(15-5-3-2-4-6-15)7-8-14-9-11-16(12-10-14)20(17,18)19/h2-6,9-13H,7-8H2,1H3,(H,17,18,19). The van der Waals surface area contributed by atoms with Crippen LogP contribution in [0.2, 0.25) is 0 Å². The Morgan fingerprint density at radius 2 is 1.60 bits per heavy atom. The Kier molecular flexibility index (Phi) is 4.57. The summed E-state index contributed by atoms with van der Waals surface area (Å²) in [4.78, 5) is -0.0580. The first-order chi connectivity index (χ1) is 9.47. The van der Waals surface area contributed by atoms with Crippen LogP contribution in [0.15, 0.2) is 59.5 Å². The molecule has 0 bridgehead atoms. The van der Waals surface area contributed by atoms with E-state index in [2.05, 4.69) is 19.1 Å².